The lowest BCUT2D eigenvalue weighted by molar-refractivity contribution is 0.443. The summed E-state index contributed by atoms with van der Waals surface area (Å²) in [5, 5.41) is 0. The largest absolute Gasteiger partial charge is 0.399 e. The van der Waals surface area contributed by atoms with E-state index in [-0.39, 0.29) is 5.82 Å². The average Bonchev–Trinajstić information content (AvgIpc) is 2.51. The van der Waals surface area contributed by atoms with Crippen molar-refractivity contribution in [3.8, 4) is 11.1 Å². The fraction of sp³-hybridized carbons (Fsp3) is 0.333. The van der Waals surface area contributed by atoms with Crippen molar-refractivity contribution in [3.05, 3.63) is 53.8 Å². The van der Waals surface area contributed by atoms with Gasteiger partial charge in [0, 0.05) is 11.3 Å². The lowest BCUT2D eigenvalue weighted by atomic mass is 9.83. The Morgan fingerprint density at radius 2 is 1.60 bits per heavy atom. The van der Waals surface area contributed by atoms with Gasteiger partial charge in [-0.2, -0.15) is 0 Å². The molecular formula is C18H20FN. The first-order chi connectivity index (χ1) is 9.74. The Balaban J connectivity index is 1.87. The van der Waals surface area contributed by atoms with Crippen LogP contribution in [0.15, 0.2) is 42.5 Å². The molecule has 1 nitrogen and oxygen atoms in total. The lowest BCUT2D eigenvalue weighted by Gasteiger charge is -2.22. The van der Waals surface area contributed by atoms with Gasteiger partial charge in [0.1, 0.15) is 5.82 Å². The summed E-state index contributed by atoms with van der Waals surface area (Å²) in [5.74, 6) is 0.466. The molecule has 0 saturated heterocycles. The van der Waals surface area contributed by atoms with Crippen LogP contribution in [0.5, 0.6) is 0 Å². The van der Waals surface area contributed by atoms with Crippen molar-refractivity contribution in [2.24, 2.45) is 0 Å². The van der Waals surface area contributed by atoms with Gasteiger partial charge in [0.15, 0.2) is 0 Å². The van der Waals surface area contributed by atoms with Crippen molar-refractivity contribution in [1.82, 2.24) is 0 Å². The molecule has 3 rings (SSSR count). The van der Waals surface area contributed by atoms with Crippen molar-refractivity contribution in [2.75, 3.05) is 5.73 Å². The van der Waals surface area contributed by atoms with Crippen LogP contribution in [-0.4, -0.2) is 0 Å². The first-order valence-electron chi connectivity index (χ1n) is 7.39. The number of hydrogen-bond acceptors (Lipinski definition) is 1. The second kappa shape index (κ2) is 5.66. The van der Waals surface area contributed by atoms with Crippen LogP contribution in [0.2, 0.25) is 0 Å². The first kappa shape index (κ1) is 13.2. The molecule has 20 heavy (non-hydrogen) atoms. The van der Waals surface area contributed by atoms with Gasteiger partial charge in [0.25, 0.3) is 0 Å². The zero-order valence-corrected chi connectivity index (χ0v) is 11.6. The van der Waals surface area contributed by atoms with E-state index in [1.165, 1.54) is 43.7 Å². The van der Waals surface area contributed by atoms with Gasteiger partial charge in [-0.15, -0.1) is 0 Å². The fourth-order valence-corrected chi connectivity index (χ4v) is 3.13. The highest BCUT2D eigenvalue weighted by molar-refractivity contribution is 5.68. The van der Waals surface area contributed by atoms with Gasteiger partial charge in [-0.05, 0) is 48.1 Å². The molecule has 0 radical (unpaired) electrons. The Hall–Kier alpha value is -1.83. The number of benzene rings is 2. The third-order valence-electron chi connectivity index (χ3n) is 4.29. The Morgan fingerprint density at radius 1 is 0.900 bits per heavy atom. The van der Waals surface area contributed by atoms with Gasteiger partial charge in [-0.3, -0.25) is 0 Å². The summed E-state index contributed by atoms with van der Waals surface area (Å²) < 4.78 is 13.9. The number of nitrogen functional groups attached to an aromatic ring is 1. The van der Waals surface area contributed by atoms with Crippen molar-refractivity contribution < 1.29 is 4.39 Å². The molecule has 0 aromatic heterocycles. The second-order valence-electron chi connectivity index (χ2n) is 5.70. The van der Waals surface area contributed by atoms with E-state index in [0.717, 1.165) is 5.56 Å². The summed E-state index contributed by atoms with van der Waals surface area (Å²) in [6.07, 6.45) is 6.59. The fourth-order valence-electron chi connectivity index (χ4n) is 3.13. The second-order valence-corrected chi connectivity index (χ2v) is 5.70. The van der Waals surface area contributed by atoms with Crippen molar-refractivity contribution in [2.45, 2.75) is 38.0 Å². The summed E-state index contributed by atoms with van der Waals surface area (Å²) in [7, 11) is 0. The van der Waals surface area contributed by atoms with Crippen LogP contribution in [-0.2, 0) is 0 Å². The molecule has 0 aliphatic heterocycles. The van der Waals surface area contributed by atoms with Crippen LogP contribution >= 0.6 is 0 Å². The van der Waals surface area contributed by atoms with Crippen LogP contribution in [0, 0.1) is 5.82 Å². The average molecular weight is 269 g/mol. The van der Waals surface area contributed by atoms with Crippen LogP contribution in [0.1, 0.15) is 43.6 Å². The molecule has 2 N–H and O–H groups in total. The van der Waals surface area contributed by atoms with E-state index in [2.05, 4.69) is 12.1 Å². The van der Waals surface area contributed by atoms with Gasteiger partial charge < -0.3 is 5.73 Å². The van der Waals surface area contributed by atoms with E-state index >= 15 is 0 Å². The molecule has 0 atom stereocenters. The van der Waals surface area contributed by atoms with E-state index in [9.17, 15) is 4.39 Å². The van der Waals surface area contributed by atoms with Gasteiger partial charge in [0.2, 0.25) is 0 Å². The number of halogens is 1. The van der Waals surface area contributed by atoms with Crippen molar-refractivity contribution in [1.29, 1.82) is 0 Å². The number of nitrogens with two attached hydrogens (primary N) is 1. The smallest absolute Gasteiger partial charge is 0.131 e. The summed E-state index contributed by atoms with van der Waals surface area (Å²) in [6.45, 7) is 0. The van der Waals surface area contributed by atoms with Crippen LogP contribution < -0.4 is 5.73 Å². The Labute approximate surface area is 119 Å². The quantitative estimate of drug-likeness (QED) is 0.752. The molecule has 104 valence electrons. The topological polar surface area (TPSA) is 26.0 Å². The summed E-state index contributed by atoms with van der Waals surface area (Å²) in [4.78, 5) is 0. The zero-order chi connectivity index (χ0) is 13.9. The van der Waals surface area contributed by atoms with Gasteiger partial charge in [-0.25, -0.2) is 4.39 Å². The molecule has 1 saturated carbocycles. The zero-order valence-electron chi connectivity index (χ0n) is 11.6. The number of anilines is 1. The SMILES string of the molecule is Nc1ccc(F)c(-c2ccc(C3CCCCC3)cc2)c1. The van der Waals surface area contributed by atoms with E-state index in [4.69, 9.17) is 5.73 Å². The molecule has 0 unspecified atom stereocenters. The van der Waals surface area contributed by atoms with E-state index in [1.807, 2.05) is 12.1 Å². The maximum Gasteiger partial charge on any atom is 0.131 e. The highest BCUT2D eigenvalue weighted by Crippen LogP contribution is 2.34. The normalized spacial score (nSPS) is 16.2. The minimum absolute atomic E-state index is 0.218. The molecule has 2 heteroatoms. The molecule has 1 fully saturated rings. The minimum Gasteiger partial charge on any atom is -0.399 e. The Morgan fingerprint density at radius 3 is 2.30 bits per heavy atom. The molecule has 0 heterocycles. The van der Waals surface area contributed by atoms with Crippen molar-refractivity contribution in [3.63, 3.8) is 0 Å². The molecular weight excluding hydrogens is 249 g/mol. The van der Waals surface area contributed by atoms with E-state index in [1.54, 1.807) is 12.1 Å². The van der Waals surface area contributed by atoms with Gasteiger partial charge >= 0.3 is 0 Å². The summed E-state index contributed by atoms with van der Waals surface area (Å²) >= 11 is 0. The maximum absolute atomic E-state index is 13.9. The van der Waals surface area contributed by atoms with E-state index in [0.29, 0.717) is 17.2 Å². The van der Waals surface area contributed by atoms with Crippen LogP contribution in [0.25, 0.3) is 11.1 Å². The predicted octanol–water partition coefficient (Wildman–Crippen LogP) is 5.12. The molecule has 1 aliphatic carbocycles. The highest BCUT2D eigenvalue weighted by Gasteiger charge is 2.15. The molecule has 1 aliphatic rings. The molecule has 0 bridgehead atoms. The highest BCUT2D eigenvalue weighted by atomic mass is 19.1. The lowest BCUT2D eigenvalue weighted by Crippen LogP contribution is -2.04. The monoisotopic (exact) mass is 269 g/mol. The maximum atomic E-state index is 13.9. The molecule has 0 amide bonds. The van der Waals surface area contributed by atoms with Crippen LogP contribution in [0.4, 0.5) is 10.1 Å². The third kappa shape index (κ3) is 2.69. The van der Waals surface area contributed by atoms with Gasteiger partial charge in [-0.1, -0.05) is 43.5 Å². The number of hydrogen-bond donors (Lipinski definition) is 1. The van der Waals surface area contributed by atoms with E-state index < -0.39 is 0 Å². The van der Waals surface area contributed by atoms with Crippen LogP contribution in [0.3, 0.4) is 0 Å². The predicted molar refractivity (Wildman–Crippen MR) is 82.1 cm³/mol. The number of rotatable bonds is 2. The Kier molecular flexibility index (Phi) is 3.72. The Bertz CT molecular complexity index is 583. The standard InChI is InChI=1S/C18H20FN/c19-18-11-10-16(20)12-17(18)15-8-6-14(7-9-15)13-4-2-1-3-5-13/h6-13H,1-5,20H2. The molecule has 2 aromatic rings. The minimum atomic E-state index is -0.218. The van der Waals surface area contributed by atoms with Gasteiger partial charge in [0.05, 0.1) is 0 Å². The molecule has 0 spiro atoms. The molecule has 2 aromatic carbocycles. The summed E-state index contributed by atoms with van der Waals surface area (Å²) in [5.41, 5.74) is 9.21. The van der Waals surface area contributed by atoms with Crippen molar-refractivity contribution >= 4 is 5.69 Å². The third-order valence-corrected chi connectivity index (χ3v) is 4.29. The summed E-state index contributed by atoms with van der Waals surface area (Å²) in [6, 6.07) is 13.0. The first-order valence-corrected chi connectivity index (χ1v) is 7.39.